The summed E-state index contributed by atoms with van der Waals surface area (Å²) in [5.41, 5.74) is -0.984. The molecule has 0 aromatic heterocycles. The zero-order valence-electron chi connectivity index (χ0n) is 14.3. The maximum atomic E-state index is 13.4. The number of carbonyl (C=O) groups excluding carboxylic acids is 1. The number of hydrogen-bond donors (Lipinski definition) is 0. The molecule has 4 nitrogen and oxygen atoms in total. The predicted octanol–water partition coefficient (Wildman–Crippen LogP) is 2.96. The third kappa shape index (κ3) is 3.72. The molecule has 0 atom stereocenters. The monoisotopic (exact) mass is 325 g/mol. The Morgan fingerprint density at radius 3 is 2.35 bits per heavy atom. The van der Waals surface area contributed by atoms with Crippen molar-refractivity contribution in [3.8, 4) is 6.07 Å². The van der Waals surface area contributed by atoms with Crippen molar-refractivity contribution in [3.63, 3.8) is 0 Å². The van der Waals surface area contributed by atoms with Gasteiger partial charge in [0.25, 0.3) is 11.8 Å². The van der Waals surface area contributed by atoms with Gasteiger partial charge in [-0.3, -0.25) is 9.69 Å². The number of rotatable bonds is 3. The number of nitriles is 1. The van der Waals surface area contributed by atoms with Gasteiger partial charge >= 0.3 is 0 Å². The molecule has 0 unspecified atom stereocenters. The Hall–Kier alpha value is -1.48. The molecule has 0 radical (unpaired) electrons. The number of likely N-dealkylation sites (tertiary alicyclic amines) is 2. The summed E-state index contributed by atoms with van der Waals surface area (Å²) in [4.78, 5) is 16.0. The molecule has 0 aromatic carbocycles. The highest BCUT2D eigenvalue weighted by Crippen LogP contribution is 2.34. The van der Waals surface area contributed by atoms with E-state index in [0.717, 1.165) is 12.8 Å². The SMILES string of the molecule is CC(C)(C=C(C#N)C(=O)N1CCCC1(C)C)N1CCC(F)(F)C1. The minimum Gasteiger partial charge on any atom is -0.333 e. The smallest absolute Gasteiger partial charge is 0.264 e. The minimum absolute atomic E-state index is 0.0418. The van der Waals surface area contributed by atoms with Crippen molar-refractivity contribution in [2.24, 2.45) is 0 Å². The largest absolute Gasteiger partial charge is 0.333 e. The normalized spacial score (nSPS) is 24.7. The van der Waals surface area contributed by atoms with Crippen LogP contribution in [0.1, 0.15) is 47.0 Å². The van der Waals surface area contributed by atoms with E-state index in [2.05, 4.69) is 0 Å². The van der Waals surface area contributed by atoms with Crippen LogP contribution in [0.15, 0.2) is 11.6 Å². The van der Waals surface area contributed by atoms with Crippen molar-refractivity contribution in [3.05, 3.63) is 11.6 Å². The van der Waals surface area contributed by atoms with E-state index >= 15 is 0 Å². The molecule has 128 valence electrons. The lowest BCUT2D eigenvalue weighted by Gasteiger charge is -2.34. The fourth-order valence-electron chi connectivity index (χ4n) is 3.44. The van der Waals surface area contributed by atoms with Gasteiger partial charge in [-0.05, 0) is 46.6 Å². The minimum atomic E-state index is -2.70. The first-order valence-corrected chi connectivity index (χ1v) is 8.06. The third-order valence-corrected chi connectivity index (χ3v) is 4.98. The molecule has 2 saturated heterocycles. The van der Waals surface area contributed by atoms with Gasteiger partial charge < -0.3 is 4.90 Å². The zero-order chi connectivity index (χ0) is 17.5. The number of alkyl halides is 2. The Morgan fingerprint density at radius 1 is 1.26 bits per heavy atom. The molecule has 2 aliphatic rings. The van der Waals surface area contributed by atoms with Gasteiger partial charge in [-0.2, -0.15) is 5.26 Å². The van der Waals surface area contributed by atoms with Crippen LogP contribution in [0.3, 0.4) is 0 Å². The Morgan fingerprint density at radius 2 is 1.91 bits per heavy atom. The second-order valence-corrected chi connectivity index (χ2v) is 7.72. The molecule has 2 fully saturated rings. The first-order chi connectivity index (χ1) is 10.5. The molecule has 0 aliphatic carbocycles. The van der Waals surface area contributed by atoms with Gasteiger partial charge in [0.1, 0.15) is 11.6 Å². The number of halogens is 2. The topological polar surface area (TPSA) is 47.3 Å². The predicted molar refractivity (Wildman–Crippen MR) is 83.9 cm³/mol. The summed E-state index contributed by atoms with van der Waals surface area (Å²) in [6.07, 6.45) is 3.18. The zero-order valence-corrected chi connectivity index (χ0v) is 14.3. The van der Waals surface area contributed by atoms with Gasteiger partial charge in [0.05, 0.1) is 6.54 Å². The van der Waals surface area contributed by atoms with E-state index in [-0.39, 0.29) is 36.5 Å². The van der Waals surface area contributed by atoms with Crippen molar-refractivity contribution >= 4 is 5.91 Å². The molecule has 0 N–H and O–H groups in total. The Balaban J connectivity index is 2.21. The van der Waals surface area contributed by atoms with Crippen LogP contribution >= 0.6 is 0 Å². The van der Waals surface area contributed by atoms with Gasteiger partial charge in [-0.15, -0.1) is 0 Å². The van der Waals surface area contributed by atoms with Crippen molar-refractivity contribution < 1.29 is 13.6 Å². The van der Waals surface area contributed by atoms with Gasteiger partial charge in [-0.25, -0.2) is 8.78 Å². The van der Waals surface area contributed by atoms with Crippen LogP contribution in [0.25, 0.3) is 0 Å². The molecule has 2 rings (SSSR count). The van der Waals surface area contributed by atoms with E-state index < -0.39 is 11.5 Å². The highest BCUT2D eigenvalue weighted by Gasteiger charge is 2.44. The Kier molecular flexibility index (Phi) is 4.55. The maximum Gasteiger partial charge on any atom is 0.264 e. The molecule has 2 heterocycles. The fraction of sp³-hybridized carbons (Fsp3) is 0.765. The standard InChI is InChI=1S/C17H25F2N3O/c1-15(2)6-5-8-22(15)14(23)13(11-20)10-16(3,4)21-9-7-17(18,19)12-21/h10H,5-9,12H2,1-4H3. The number of nitrogens with zero attached hydrogens (tertiary/aromatic N) is 3. The number of carbonyl (C=O) groups is 1. The van der Waals surface area contributed by atoms with Crippen molar-refractivity contribution in [2.45, 2.75) is 64.0 Å². The Labute approximate surface area is 136 Å². The van der Waals surface area contributed by atoms with Crippen molar-refractivity contribution in [1.29, 1.82) is 5.26 Å². The van der Waals surface area contributed by atoms with Crippen molar-refractivity contribution in [2.75, 3.05) is 19.6 Å². The molecule has 2 aliphatic heterocycles. The maximum absolute atomic E-state index is 13.4. The molecule has 0 spiro atoms. The van der Waals surface area contributed by atoms with Crippen LogP contribution in [0, 0.1) is 11.3 Å². The van der Waals surface area contributed by atoms with Crippen LogP contribution in [0.4, 0.5) is 8.78 Å². The van der Waals surface area contributed by atoms with Crippen LogP contribution in [0.5, 0.6) is 0 Å². The van der Waals surface area contributed by atoms with Crippen molar-refractivity contribution in [1.82, 2.24) is 9.80 Å². The lowest BCUT2D eigenvalue weighted by atomic mass is 9.97. The lowest BCUT2D eigenvalue weighted by Crippen LogP contribution is -2.45. The summed E-state index contributed by atoms with van der Waals surface area (Å²) in [5, 5.41) is 9.40. The molecule has 23 heavy (non-hydrogen) atoms. The van der Waals surface area contributed by atoms with Gasteiger partial charge in [-0.1, -0.05) is 0 Å². The van der Waals surface area contributed by atoms with Crippen LogP contribution in [-0.4, -0.2) is 52.3 Å². The van der Waals surface area contributed by atoms with Crippen LogP contribution in [0.2, 0.25) is 0 Å². The van der Waals surface area contributed by atoms with Gasteiger partial charge in [0.2, 0.25) is 0 Å². The molecule has 1 amide bonds. The van der Waals surface area contributed by atoms with Crippen LogP contribution in [-0.2, 0) is 4.79 Å². The summed E-state index contributed by atoms with van der Waals surface area (Å²) in [5.74, 6) is -2.99. The fourth-order valence-corrected chi connectivity index (χ4v) is 3.44. The van der Waals surface area contributed by atoms with E-state index in [4.69, 9.17) is 0 Å². The molecular weight excluding hydrogens is 300 g/mol. The third-order valence-electron chi connectivity index (χ3n) is 4.98. The molecule has 6 heteroatoms. The second-order valence-electron chi connectivity index (χ2n) is 7.72. The summed E-state index contributed by atoms with van der Waals surface area (Å²) in [7, 11) is 0. The Bertz CT molecular complexity index is 561. The second kappa shape index (κ2) is 5.86. The van der Waals surface area contributed by atoms with E-state index in [1.807, 2.05) is 19.9 Å². The average molecular weight is 325 g/mol. The first kappa shape index (κ1) is 17.9. The first-order valence-electron chi connectivity index (χ1n) is 8.06. The van der Waals surface area contributed by atoms with Gasteiger partial charge in [0, 0.05) is 30.6 Å². The van der Waals surface area contributed by atoms with E-state index in [1.54, 1.807) is 29.7 Å². The number of hydrogen-bond acceptors (Lipinski definition) is 3. The summed E-state index contributed by atoms with van der Waals surface area (Å²) in [6, 6.07) is 1.97. The van der Waals surface area contributed by atoms with E-state index in [9.17, 15) is 18.8 Å². The summed E-state index contributed by atoms with van der Waals surface area (Å²) < 4.78 is 26.9. The highest BCUT2D eigenvalue weighted by atomic mass is 19.3. The van der Waals surface area contributed by atoms with E-state index in [1.165, 1.54) is 0 Å². The average Bonchev–Trinajstić information content (AvgIpc) is 2.97. The number of amides is 1. The molecule has 0 bridgehead atoms. The van der Waals surface area contributed by atoms with Gasteiger partial charge in [0.15, 0.2) is 0 Å². The van der Waals surface area contributed by atoms with E-state index in [0.29, 0.717) is 6.54 Å². The summed E-state index contributed by atoms with van der Waals surface area (Å²) in [6.45, 7) is 8.07. The quantitative estimate of drug-likeness (QED) is 0.592. The van der Waals surface area contributed by atoms with Crippen LogP contribution < -0.4 is 0 Å². The lowest BCUT2D eigenvalue weighted by molar-refractivity contribution is -0.129. The molecule has 0 aromatic rings. The molecular formula is C17H25F2N3O. The summed E-state index contributed by atoms with van der Waals surface area (Å²) >= 11 is 0. The highest BCUT2D eigenvalue weighted by molar-refractivity contribution is 5.98. The molecule has 0 saturated carbocycles.